The zero-order valence-corrected chi connectivity index (χ0v) is 13.3. The molecule has 1 fully saturated rings. The van der Waals surface area contributed by atoms with E-state index in [-0.39, 0.29) is 0 Å². The molecule has 112 valence electrons. The lowest BCUT2D eigenvalue weighted by Gasteiger charge is -2.21. The van der Waals surface area contributed by atoms with E-state index in [0.29, 0.717) is 6.04 Å². The molecular formula is C18H25N3. The third kappa shape index (κ3) is 2.69. The van der Waals surface area contributed by atoms with Crippen LogP contribution >= 0.6 is 0 Å². The van der Waals surface area contributed by atoms with Crippen LogP contribution in [0.1, 0.15) is 54.8 Å². The van der Waals surface area contributed by atoms with Crippen LogP contribution in [-0.4, -0.2) is 9.78 Å². The van der Waals surface area contributed by atoms with Crippen LogP contribution in [0.2, 0.25) is 0 Å². The molecule has 1 heterocycles. The summed E-state index contributed by atoms with van der Waals surface area (Å²) in [6.07, 6.45) is 8.46. The van der Waals surface area contributed by atoms with E-state index in [2.05, 4.69) is 37.6 Å². The fourth-order valence-electron chi connectivity index (χ4n) is 3.69. The predicted molar refractivity (Wildman–Crippen MR) is 88.4 cm³/mol. The summed E-state index contributed by atoms with van der Waals surface area (Å²) in [5.41, 5.74) is 13.0. The van der Waals surface area contributed by atoms with Crippen molar-refractivity contribution in [3.05, 3.63) is 35.0 Å². The first-order valence-electron chi connectivity index (χ1n) is 7.99. The van der Waals surface area contributed by atoms with Crippen molar-refractivity contribution in [3.8, 4) is 11.3 Å². The van der Waals surface area contributed by atoms with Crippen molar-refractivity contribution in [2.45, 2.75) is 58.9 Å². The Morgan fingerprint density at radius 2 is 1.67 bits per heavy atom. The van der Waals surface area contributed by atoms with Crippen LogP contribution in [0.15, 0.2) is 18.3 Å². The van der Waals surface area contributed by atoms with Gasteiger partial charge in [0.05, 0.1) is 11.7 Å². The molecule has 3 rings (SSSR count). The number of hydrogen-bond acceptors (Lipinski definition) is 2. The van der Waals surface area contributed by atoms with E-state index in [1.165, 1.54) is 54.4 Å². The molecule has 0 radical (unpaired) electrons. The summed E-state index contributed by atoms with van der Waals surface area (Å²) < 4.78 is 2.11. The van der Waals surface area contributed by atoms with Gasteiger partial charge in [-0.15, -0.1) is 0 Å². The van der Waals surface area contributed by atoms with E-state index >= 15 is 0 Å². The number of nitrogens with two attached hydrogens (primary N) is 1. The highest BCUT2D eigenvalue weighted by Crippen LogP contribution is 2.34. The first-order chi connectivity index (χ1) is 10.1. The Bertz CT molecular complexity index is 625. The molecule has 2 N–H and O–H groups in total. The lowest BCUT2D eigenvalue weighted by Crippen LogP contribution is -2.13. The average Bonchev–Trinajstić information content (AvgIpc) is 2.81. The summed E-state index contributed by atoms with van der Waals surface area (Å²) in [6.45, 7) is 6.43. The Balaban J connectivity index is 2.02. The highest BCUT2D eigenvalue weighted by molar-refractivity contribution is 5.77. The fraction of sp³-hybridized carbons (Fsp3) is 0.500. The molecule has 2 aromatic rings. The van der Waals surface area contributed by atoms with Crippen molar-refractivity contribution in [3.63, 3.8) is 0 Å². The van der Waals surface area contributed by atoms with Crippen molar-refractivity contribution in [2.75, 3.05) is 5.73 Å². The Labute approximate surface area is 127 Å². The number of benzene rings is 1. The quantitative estimate of drug-likeness (QED) is 0.877. The van der Waals surface area contributed by atoms with Crippen molar-refractivity contribution in [1.29, 1.82) is 0 Å². The minimum Gasteiger partial charge on any atom is -0.396 e. The van der Waals surface area contributed by atoms with E-state index in [4.69, 9.17) is 10.8 Å². The molecule has 1 aliphatic carbocycles. The lowest BCUT2D eigenvalue weighted by molar-refractivity contribution is 0.330. The van der Waals surface area contributed by atoms with Crippen molar-refractivity contribution in [2.24, 2.45) is 0 Å². The molecule has 0 amide bonds. The summed E-state index contributed by atoms with van der Waals surface area (Å²) in [5.74, 6) is 0. The Hall–Kier alpha value is -1.77. The second-order valence-corrected chi connectivity index (χ2v) is 6.48. The Morgan fingerprint density at radius 3 is 2.29 bits per heavy atom. The number of nitrogen functional groups attached to an aromatic ring is 1. The van der Waals surface area contributed by atoms with Crippen molar-refractivity contribution < 1.29 is 0 Å². The molecule has 1 aliphatic rings. The van der Waals surface area contributed by atoms with Gasteiger partial charge in [0.2, 0.25) is 0 Å². The molecule has 0 spiro atoms. The number of rotatable bonds is 2. The monoisotopic (exact) mass is 283 g/mol. The van der Waals surface area contributed by atoms with Gasteiger partial charge in [0.15, 0.2) is 0 Å². The molecule has 3 heteroatoms. The van der Waals surface area contributed by atoms with Gasteiger partial charge in [-0.25, -0.2) is 0 Å². The van der Waals surface area contributed by atoms with E-state index in [0.717, 1.165) is 11.4 Å². The maximum atomic E-state index is 6.27. The topological polar surface area (TPSA) is 43.8 Å². The van der Waals surface area contributed by atoms with E-state index < -0.39 is 0 Å². The normalized spacial score (nSPS) is 16.3. The van der Waals surface area contributed by atoms with Gasteiger partial charge in [-0.2, -0.15) is 5.10 Å². The molecule has 0 aliphatic heterocycles. The van der Waals surface area contributed by atoms with Gasteiger partial charge in [0, 0.05) is 11.8 Å². The van der Waals surface area contributed by atoms with E-state index in [1.807, 2.05) is 6.20 Å². The molecular weight excluding hydrogens is 258 g/mol. The van der Waals surface area contributed by atoms with E-state index in [9.17, 15) is 0 Å². The first kappa shape index (κ1) is 14.2. The average molecular weight is 283 g/mol. The molecule has 21 heavy (non-hydrogen) atoms. The molecule has 0 bridgehead atoms. The maximum Gasteiger partial charge on any atom is 0.116 e. The third-order valence-corrected chi connectivity index (χ3v) is 4.62. The Kier molecular flexibility index (Phi) is 3.75. The zero-order valence-electron chi connectivity index (χ0n) is 13.3. The van der Waals surface area contributed by atoms with Crippen molar-refractivity contribution >= 4 is 5.69 Å². The number of aromatic nitrogens is 2. The lowest BCUT2D eigenvalue weighted by atomic mass is 9.96. The van der Waals surface area contributed by atoms with Crippen molar-refractivity contribution in [1.82, 2.24) is 9.78 Å². The van der Waals surface area contributed by atoms with Crippen LogP contribution in [0, 0.1) is 20.8 Å². The first-order valence-corrected chi connectivity index (χ1v) is 7.99. The molecule has 0 unspecified atom stereocenters. The SMILES string of the molecule is Cc1cc(C)c(-c2nn(C3CCCCC3)cc2N)c(C)c1. The largest absolute Gasteiger partial charge is 0.396 e. The molecule has 3 nitrogen and oxygen atoms in total. The van der Waals surface area contributed by atoms with Crippen LogP contribution in [0.5, 0.6) is 0 Å². The third-order valence-electron chi connectivity index (χ3n) is 4.62. The number of nitrogens with zero attached hydrogens (tertiary/aromatic N) is 2. The number of aryl methyl sites for hydroxylation is 3. The van der Waals surface area contributed by atoms with Gasteiger partial charge < -0.3 is 5.73 Å². The molecule has 1 aromatic carbocycles. The smallest absolute Gasteiger partial charge is 0.116 e. The van der Waals surface area contributed by atoms with Crippen LogP contribution in [0.3, 0.4) is 0 Å². The van der Waals surface area contributed by atoms with Gasteiger partial charge in [0.1, 0.15) is 5.69 Å². The van der Waals surface area contributed by atoms with Gasteiger partial charge in [0.25, 0.3) is 0 Å². The molecule has 1 saturated carbocycles. The van der Waals surface area contributed by atoms with Crippen LogP contribution in [0.25, 0.3) is 11.3 Å². The molecule has 0 atom stereocenters. The maximum absolute atomic E-state index is 6.27. The summed E-state index contributed by atoms with van der Waals surface area (Å²) in [7, 11) is 0. The van der Waals surface area contributed by atoms with Gasteiger partial charge in [-0.3, -0.25) is 4.68 Å². The summed E-state index contributed by atoms with van der Waals surface area (Å²) in [6, 6.07) is 4.95. The molecule has 1 aromatic heterocycles. The number of hydrogen-bond donors (Lipinski definition) is 1. The summed E-state index contributed by atoms with van der Waals surface area (Å²) in [4.78, 5) is 0. The van der Waals surface area contributed by atoms with E-state index in [1.54, 1.807) is 0 Å². The molecule has 0 saturated heterocycles. The summed E-state index contributed by atoms with van der Waals surface area (Å²) >= 11 is 0. The minimum atomic E-state index is 0.529. The standard InChI is InChI=1S/C18H25N3/c1-12-9-13(2)17(14(3)10-12)18-16(19)11-21(20-18)15-7-5-4-6-8-15/h9-11,15H,4-8,19H2,1-3H3. The van der Waals surface area contributed by atoms with Crippen LogP contribution in [-0.2, 0) is 0 Å². The fourth-order valence-corrected chi connectivity index (χ4v) is 3.69. The zero-order chi connectivity index (χ0) is 15.0. The second kappa shape index (κ2) is 5.55. The van der Waals surface area contributed by atoms with Gasteiger partial charge in [-0.1, -0.05) is 37.0 Å². The summed E-state index contributed by atoms with van der Waals surface area (Å²) in [5, 5.41) is 4.85. The second-order valence-electron chi connectivity index (χ2n) is 6.48. The van der Waals surface area contributed by atoms with Crippen LogP contribution < -0.4 is 5.73 Å². The van der Waals surface area contributed by atoms with Crippen LogP contribution in [0.4, 0.5) is 5.69 Å². The predicted octanol–water partition coefficient (Wildman–Crippen LogP) is 4.56. The highest BCUT2D eigenvalue weighted by atomic mass is 15.3. The van der Waals surface area contributed by atoms with Gasteiger partial charge in [-0.05, 0) is 44.7 Å². The number of anilines is 1. The minimum absolute atomic E-state index is 0.529. The highest BCUT2D eigenvalue weighted by Gasteiger charge is 2.20. The van der Waals surface area contributed by atoms with Gasteiger partial charge >= 0.3 is 0 Å². The Morgan fingerprint density at radius 1 is 1.05 bits per heavy atom.